The molecule has 2 aromatic heterocycles. The van der Waals surface area contributed by atoms with E-state index in [4.69, 9.17) is 0 Å². The molecule has 1 aliphatic rings. The van der Waals surface area contributed by atoms with Gasteiger partial charge in [-0.3, -0.25) is 14.6 Å². The SMILES string of the molecule is O=C(CCc1n[nH]c(=O)[nH]c1=O)N1CCC[C@@H]1c1nc2ccccc2[nH]1. The highest BCUT2D eigenvalue weighted by molar-refractivity contribution is 5.78. The first-order valence-electron chi connectivity index (χ1n) is 8.54. The summed E-state index contributed by atoms with van der Waals surface area (Å²) in [7, 11) is 0. The number of H-pyrrole nitrogens is 3. The molecule has 1 aromatic carbocycles. The normalized spacial score (nSPS) is 17.1. The molecule has 1 amide bonds. The number of nitrogens with one attached hydrogen (secondary N) is 3. The van der Waals surface area contributed by atoms with Crippen molar-refractivity contribution in [3.8, 4) is 0 Å². The van der Waals surface area contributed by atoms with E-state index in [1.807, 2.05) is 24.3 Å². The smallest absolute Gasteiger partial charge is 0.340 e. The predicted molar refractivity (Wildman–Crippen MR) is 93.6 cm³/mol. The molecule has 3 N–H and O–H groups in total. The van der Waals surface area contributed by atoms with E-state index in [-0.39, 0.29) is 30.5 Å². The molecule has 4 rings (SSSR count). The van der Waals surface area contributed by atoms with Crippen LogP contribution in [0.15, 0.2) is 33.9 Å². The molecule has 0 unspecified atom stereocenters. The number of benzene rings is 1. The van der Waals surface area contributed by atoms with E-state index in [0.29, 0.717) is 6.54 Å². The Kier molecular flexibility index (Phi) is 4.11. The topological polar surface area (TPSA) is 128 Å². The third kappa shape index (κ3) is 3.03. The molecule has 1 atom stereocenters. The van der Waals surface area contributed by atoms with Crippen molar-refractivity contribution in [1.29, 1.82) is 0 Å². The van der Waals surface area contributed by atoms with Gasteiger partial charge in [0.2, 0.25) is 5.91 Å². The van der Waals surface area contributed by atoms with Gasteiger partial charge >= 0.3 is 5.69 Å². The quantitative estimate of drug-likeness (QED) is 0.633. The van der Waals surface area contributed by atoms with Crippen molar-refractivity contribution in [2.45, 2.75) is 31.7 Å². The van der Waals surface area contributed by atoms with Crippen LogP contribution >= 0.6 is 0 Å². The summed E-state index contributed by atoms with van der Waals surface area (Å²) in [6.07, 6.45) is 2.08. The summed E-state index contributed by atoms with van der Waals surface area (Å²) in [6, 6.07) is 7.68. The molecule has 26 heavy (non-hydrogen) atoms. The monoisotopic (exact) mass is 354 g/mol. The number of nitrogens with zero attached hydrogens (tertiary/aromatic N) is 3. The second kappa shape index (κ2) is 6.58. The fourth-order valence-electron chi connectivity index (χ4n) is 3.39. The summed E-state index contributed by atoms with van der Waals surface area (Å²) in [5.41, 5.74) is 0.764. The lowest BCUT2D eigenvalue weighted by atomic mass is 10.2. The summed E-state index contributed by atoms with van der Waals surface area (Å²) >= 11 is 0. The molecule has 1 saturated heterocycles. The van der Waals surface area contributed by atoms with Crippen molar-refractivity contribution in [3.05, 3.63) is 56.6 Å². The molecule has 0 spiro atoms. The fourth-order valence-corrected chi connectivity index (χ4v) is 3.39. The minimum atomic E-state index is -0.658. The number of rotatable bonds is 4. The van der Waals surface area contributed by atoms with Gasteiger partial charge < -0.3 is 9.88 Å². The average Bonchev–Trinajstić information content (AvgIpc) is 3.27. The standard InChI is InChI=1S/C17H18N6O3/c24-14(8-7-12-16(25)20-17(26)22-21-12)23-9-3-6-13(23)15-18-10-4-1-2-5-11(10)19-15/h1-2,4-5,13H,3,6-9H2,(H,18,19)(H2,20,22,25,26)/t13-/m1/s1. The molecule has 9 nitrogen and oxygen atoms in total. The second-order valence-corrected chi connectivity index (χ2v) is 6.34. The number of para-hydroxylation sites is 2. The van der Waals surface area contributed by atoms with Crippen molar-refractivity contribution >= 4 is 16.9 Å². The minimum absolute atomic E-state index is 0.0552. The first-order chi connectivity index (χ1) is 12.6. The van der Waals surface area contributed by atoms with Crippen molar-refractivity contribution in [1.82, 2.24) is 30.0 Å². The van der Waals surface area contributed by atoms with Gasteiger partial charge in [-0.1, -0.05) is 12.1 Å². The van der Waals surface area contributed by atoms with Gasteiger partial charge in [0.15, 0.2) is 0 Å². The number of likely N-dealkylation sites (tertiary alicyclic amines) is 1. The lowest BCUT2D eigenvalue weighted by Gasteiger charge is -2.23. The highest BCUT2D eigenvalue weighted by atomic mass is 16.2. The van der Waals surface area contributed by atoms with Gasteiger partial charge in [-0.25, -0.2) is 14.9 Å². The van der Waals surface area contributed by atoms with Crippen LogP contribution in [0.3, 0.4) is 0 Å². The second-order valence-electron chi connectivity index (χ2n) is 6.34. The van der Waals surface area contributed by atoms with Crippen LogP contribution in [0, 0.1) is 0 Å². The van der Waals surface area contributed by atoms with Gasteiger partial charge in [0.1, 0.15) is 11.5 Å². The number of carbonyl (C=O) groups excluding carboxylic acids is 1. The first kappa shape index (κ1) is 16.2. The number of hydrogen-bond donors (Lipinski definition) is 3. The Hall–Kier alpha value is -3.23. The molecule has 9 heteroatoms. The van der Waals surface area contributed by atoms with E-state index in [0.717, 1.165) is 29.7 Å². The number of carbonyl (C=O) groups is 1. The highest BCUT2D eigenvalue weighted by Gasteiger charge is 2.31. The van der Waals surface area contributed by atoms with E-state index in [1.165, 1.54) is 0 Å². The number of fused-ring (bicyclic) bond motifs is 1. The van der Waals surface area contributed by atoms with E-state index in [2.05, 4.69) is 25.1 Å². The maximum Gasteiger partial charge on any atom is 0.342 e. The zero-order chi connectivity index (χ0) is 18.1. The van der Waals surface area contributed by atoms with Crippen LogP contribution in [-0.4, -0.2) is 42.5 Å². The third-order valence-electron chi connectivity index (χ3n) is 4.65. The van der Waals surface area contributed by atoms with Crippen LogP contribution in [-0.2, 0) is 11.2 Å². The van der Waals surface area contributed by atoms with Gasteiger partial charge in [-0.15, -0.1) is 0 Å². The Labute approximate surface area is 147 Å². The summed E-state index contributed by atoms with van der Waals surface area (Å²) in [6.45, 7) is 0.663. The largest absolute Gasteiger partial charge is 0.342 e. The number of amides is 1. The highest BCUT2D eigenvalue weighted by Crippen LogP contribution is 2.31. The van der Waals surface area contributed by atoms with Crippen LogP contribution in [0.1, 0.15) is 36.8 Å². The lowest BCUT2D eigenvalue weighted by molar-refractivity contribution is -0.132. The van der Waals surface area contributed by atoms with E-state index in [9.17, 15) is 14.4 Å². The maximum atomic E-state index is 12.7. The van der Waals surface area contributed by atoms with Gasteiger partial charge in [-0.2, -0.15) is 5.10 Å². The van der Waals surface area contributed by atoms with Gasteiger partial charge in [-0.05, 0) is 25.0 Å². The summed E-state index contributed by atoms with van der Waals surface area (Å²) in [5.74, 6) is 0.734. The van der Waals surface area contributed by atoms with Gasteiger partial charge in [0.25, 0.3) is 5.56 Å². The molecule has 1 fully saturated rings. The van der Waals surface area contributed by atoms with Crippen LogP contribution in [0.4, 0.5) is 0 Å². The summed E-state index contributed by atoms with van der Waals surface area (Å²) < 4.78 is 0. The molecular formula is C17H18N6O3. The number of aromatic amines is 3. The van der Waals surface area contributed by atoms with Crippen molar-refractivity contribution in [2.24, 2.45) is 0 Å². The van der Waals surface area contributed by atoms with Crippen molar-refractivity contribution < 1.29 is 4.79 Å². The molecule has 0 bridgehead atoms. The first-order valence-corrected chi connectivity index (χ1v) is 8.54. The maximum absolute atomic E-state index is 12.7. The van der Waals surface area contributed by atoms with Crippen LogP contribution in [0.25, 0.3) is 11.0 Å². The van der Waals surface area contributed by atoms with Crippen molar-refractivity contribution in [2.75, 3.05) is 6.54 Å². The molecule has 0 saturated carbocycles. The molecule has 1 aliphatic heterocycles. The summed E-state index contributed by atoms with van der Waals surface area (Å²) in [4.78, 5) is 47.2. The number of hydrogen-bond acceptors (Lipinski definition) is 5. The molecular weight excluding hydrogens is 336 g/mol. The molecule has 0 aliphatic carbocycles. The van der Waals surface area contributed by atoms with Gasteiger partial charge in [0, 0.05) is 19.4 Å². The average molecular weight is 354 g/mol. The minimum Gasteiger partial charge on any atom is -0.340 e. The van der Waals surface area contributed by atoms with Crippen LogP contribution in [0.5, 0.6) is 0 Å². The zero-order valence-corrected chi connectivity index (χ0v) is 14.0. The van der Waals surface area contributed by atoms with Crippen LogP contribution in [0.2, 0.25) is 0 Å². The van der Waals surface area contributed by atoms with Crippen LogP contribution < -0.4 is 11.2 Å². The van der Waals surface area contributed by atoms with E-state index >= 15 is 0 Å². The molecule has 3 heterocycles. The van der Waals surface area contributed by atoms with E-state index < -0.39 is 11.2 Å². The fraction of sp³-hybridized carbons (Fsp3) is 0.353. The number of aryl methyl sites for hydroxylation is 1. The Morgan fingerprint density at radius 1 is 1.23 bits per heavy atom. The number of aromatic nitrogens is 5. The lowest BCUT2D eigenvalue weighted by Crippen LogP contribution is -2.32. The Balaban J connectivity index is 1.49. The Bertz CT molecular complexity index is 1030. The predicted octanol–water partition coefficient (Wildman–Crippen LogP) is 0.631. The molecule has 3 aromatic rings. The Morgan fingerprint density at radius 2 is 2.08 bits per heavy atom. The zero-order valence-electron chi connectivity index (χ0n) is 14.0. The molecule has 134 valence electrons. The van der Waals surface area contributed by atoms with Crippen molar-refractivity contribution in [3.63, 3.8) is 0 Å². The third-order valence-corrected chi connectivity index (χ3v) is 4.65. The Morgan fingerprint density at radius 3 is 2.88 bits per heavy atom. The molecule has 0 radical (unpaired) electrons. The van der Waals surface area contributed by atoms with Gasteiger partial charge in [0.05, 0.1) is 17.1 Å². The summed E-state index contributed by atoms with van der Waals surface area (Å²) in [5, 5.41) is 5.89. The number of imidazole rings is 1. The van der Waals surface area contributed by atoms with E-state index in [1.54, 1.807) is 4.90 Å².